The number of allylic oxidation sites excluding steroid dienone is 2. The Bertz CT molecular complexity index is 563. The summed E-state index contributed by atoms with van der Waals surface area (Å²) in [5.41, 5.74) is 2.69. The minimum atomic E-state index is 0.473. The molecular formula is C25H35BrZn. The summed E-state index contributed by atoms with van der Waals surface area (Å²) in [5.74, 6) is 1.59. The summed E-state index contributed by atoms with van der Waals surface area (Å²) in [7, 11) is 0. The van der Waals surface area contributed by atoms with Crippen LogP contribution in [0.5, 0.6) is 0 Å². The first kappa shape index (κ1) is 28.2. The van der Waals surface area contributed by atoms with Gasteiger partial charge in [-0.25, -0.2) is 0 Å². The second-order valence-corrected chi connectivity index (χ2v) is 6.43. The number of benzene rings is 2. The predicted molar refractivity (Wildman–Crippen MR) is 124 cm³/mol. The molecule has 0 heterocycles. The molecule has 2 atom stereocenters. The van der Waals surface area contributed by atoms with E-state index in [1.165, 1.54) is 27.5 Å². The van der Waals surface area contributed by atoms with Gasteiger partial charge in [-0.1, -0.05) is 93.6 Å². The van der Waals surface area contributed by atoms with E-state index < -0.39 is 0 Å². The number of halogens is 1. The average molecular weight is 481 g/mol. The maximum absolute atomic E-state index is 3.86. The third-order valence-corrected chi connectivity index (χ3v) is 3.84. The van der Waals surface area contributed by atoms with Crippen molar-refractivity contribution < 1.29 is 16.3 Å². The van der Waals surface area contributed by atoms with Crippen LogP contribution in [0.15, 0.2) is 86.0 Å². The maximum atomic E-state index is 3.86. The topological polar surface area (TPSA) is 0 Å². The minimum absolute atomic E-state index is 0.473. The molecule has 0 nitrogen and oxygen atoms in total. The molecule has 27 heavy (non-hydrogen) atoms. The van der Waals surface area contributed by atoms with E-state index in [1.54, 1.807) is 0 Å². The Hall–Kier alpha value is -0.977. The van der Waals surface area contributed by atoms with Crippen molar-refractivity contribution in [3.63, 3.8) is 0 Å². The first-order valence-electron chi connectivity index (χ1n) is 9.37. The normalized spacial score (nSPS) is 11.3. The molecule has 0 N–H and O–H groups in total. The van der Waals surface area contributed by atoms with E-state index in [9.17, 15) is 0 Å². The number of hydrogen-bond acceptors (Lipinski definition) is 0. The number of rotatable bonds is 5. The molecule has 2 rings (SSSR count). The molecule has 144 valence electrons. The third kappa shape index (κ3) is 13.8. The fourth-order valence-corrected chi connectivity index (χ4v) is 2.36. The van der Waals surface area contributed by atoms with Gasteiger partial charge in [-0.05, 0) is 23.0 Å². The molecule has 0 amide bonds. The molecule has 0 aromatic heterocycles. The van der Waals surface area contributed by atoms with Gasteiger partial charge in [0.25, 0.3) is 0 Å². The van der Waals surface area contributed by atoms with Gasteiger partial charge >= 0.3 is 30.0 Å². The molecule has 1 unspecified atom stereocenters. The van der Waals surface area contributed by atoms with Crippen molar-refractivity contribution in [3.05, 3.63) is 104 Å². The molecule has 0 bridgehead atoms. The third-order valence-electron chi connectivity index (χ3n) is 3.84. The molecular weight excluding hydrogens is 446 g/mol. The zero-order chi connectivity index (χ0) is 21.1. The van der Waals surface area contributed by atoms with Crippen LogP contribution in [0.1, 0.15) is 57.6 Å². The van der Waals surface area contributed by atoms with Gasteiger partial charge in [0, 0.05) is 5.92 Å². The summed E-state index contributed by atoms with van der Waals surface area (Å²) in [6.45, 7) is 18.2. The monoisotopic (exact) mass is 478 g/mol. The van der Waals surface area contributed by atoms with Gasteiger partial charge in [-0.15, -0.1) is 13.2 Å². The molecule has 0 aliphatic carbocycles. The SMILES string of the molecule is C=CC(C)c1ccccc1.C=C[C@H](c1ccccc1)C(C)C.C[CH-]C.[Zn+][Br]. The Morgan fingerprint density at radius 1 is 0.778 bits per heavy atom. The van der Waals surface area contributed by atoms with Crippen molar-refractivity contribution in [1.29, 1.82) is 0 Å². The van der Waals surface area contributed by atoms with Crippen LogP contribution in [0.2, 0.25) is 0 Å². The van der Waals surface area contributed by atoms with E-state index in [1.807, 2.05) is 44.6 Å². The second-order valence-electron chi connectivity index (χ2n) is 6.43. The summed E-state index contributed by atoms with van der Waals surface area (Å²) in [6, 6.07) is 20.9. The predicted octanol–water partition coefficient (Wildman–Crippen LogP) is 8.66. The van der Waals surface area contributed by atoms with Crippen LogP contribution in [-0.2, 0) is 16.3 Å². The first-order valence-corrected chi connectivity index (χ1v) is 16.3. The van der Waals surface area contributed by atoms with E-state index in [-0.39, 0.29) is 0 Å². The summed E-state index contributed by atoms with van der Waals surface area (Å²) >= 11 is 4.25. The Morgan fingerprint density at radius 3 is 1.44 bits per heavy atom. The van der Waals surface area contributed by atoms with E-state index in [0.717, 1.165) is 0 Å². The first-order chi connectivity index (χ1) is 13.0. The van der Waals surface area contributed by atoms with Gasteiger partial charge in [0.1, 0.15) is 0 Å². The van der Waals surface area contributed by atoms with Gasteiger partial charge in [0.15, 0.2) is 0 Å². The van der Waals surface area contributed by atoms with E-state index >= 15 is 0 Å². The van der Waals surface area contributed by atoms with Crippen molar-refractivity contribution >= 4 is 13.6 Å². The van der Waals surface area contributed by atoms with Crippen LogP contribution >= 0.6 is 13.6 Å². The van der Waals surface area contributed by atoms with Crippen LogP contribution in [0.3, 0.4) is 0 Å². The molecule has 2 aromatic carbocycles. The molecule has 0 aliphatic heterocycles. The van der Waals surface area contributed by atoms with Crippen LogP contribution in [0.4, 0.5) is 0 Å². The van der Waals surface area contributed by atoms with Crippen LogP contribution in [-0.4, -0.2) is 0 Å². The van der Waals surface area contributed by atoms with Crippen molar-refractivity contribution in [2.45, 2.75) is 46.5 Å². The summed E-state index contributed by atoms with van der Waals surface area (Å²) in [4.78, 5) is 0. The molecule has 2 aromatic rings. The van der Waals surface area contributed by atoms with E-state index in [0.29, 0.717) is 17.8 Å². The molecule has 0 saturated carbocycles. The summed E-state index contributed by atoms with van der Waals surface area (Å²) in [6.07, 6.45) is 5.98. The molecule has 0 fully saturated rings. The van der Waals surface area contributed by atoms with Gasteiger partial charge in [0.05, 0.1) is 0 Å². The quantitative estimate of drug-likeness (QED) is 0.228. The Kier molecular flexibility index (Phi) is 20.7. The van der Waals surface area contributed by atoms with E-state index in [4.69, 9.17) is 0 Å². The molecule has 0 spiro atoms. The van der Waals surface area contributed by atoms with Gasteiger partial charge in [0.2, 0.25) is 0 Å². The molecule has 0 saturated heterocycles. The van der Waals surface area contributed by atoms with Crippen LogP contribution in [0, 0.1) is 12.3 Å². The Labute approximate surface area is 185 Å². The van der Waals surface area contributed by atoms with E-state index in [2.05, 4.69) is 96.1 Å². The van der Waals surface area contributed by atoms with Crippen LogP contribution < -0.4 is 0 Å². The average Bonchev–Trinajstić information content (AvgIpc) is 2.72. The standard InChI is InChI=1S/C12H16.C10H12.C3H7.BrH.Zn/c1-4-12(10(2)3)11-8-6-5-7-9-11;1-3-9(2)10-7-5-4-6-8-10;1-3-2;;/h4-10,12H,1H2,2-3H3;3-9H,1H2,2H3;3H,1-2H3;1H;/q;;-1;;+2/p-1/t12-;;;;/m0..../s1. The fourth-order valence-electron chi connectivity index (χ4n) is 2.36. The van der Waals surface area contributed by atoms with Crippen molar-refractivity contribution in [1.82, 2.24) is 0 Å². The van der Waals surface area contributed by atoms with Crippen molar-refractivity contribution in [3.8, 4) is 0 Å². The Morgan fingerprint density at radius 2 is 1.15 bits per heavy atom. The van der Waals surface area contributed by atoms with Gasteiger partial charge in [-0.3, -0.25) is 0 Å². The molecule has 0 radical (unpaired) electrons. The second kappa shape index (κ2) is 19.8. The van der Waals surface area contributed by atoms with Crippen molar-refractivity contribution in [2.75, 3.05) is 0 Å². The summed E-state index contributed by atoms with van der Waals surface area (Å²) in [5, 5.41) is 0. The Balaban J connectivity index is 0. The molecule has 2 heteroatoms. The van der Waals surface area contributed by atoms with Crippen LogP contribution in [0.25, 0.3) is 0 Å². The zero-order valence-electron chi connectivity index (χ0n) is 17.7. The van der Waals surface area contributed by atoms with Gasteiger partial charge in [-0.2, -0.15) is 13.8 Å². The summed E-state index contributed by atoms with van der Waals surface area (Å²) < 4.78 is 0. The molecule has 0 aliphatic rings. The van der Waals surface area contributed by atoms with Crippen molar-refractivity contribution in [2.24, 2.45) is 5.92 Å². The zero-order valence-corrected chi connectivity index (χ0v) is 22.3. The number of hydrogen-bond donors (Lipinski definition) is 0. The van der Waals surface area contributed by atoms with Gasteiger partial charge < -0.3 is 6.42 Å². The fraction of sp³-hybridized carbons (Fsp3) is 0.320.